The van der Waals surface area contributed by atoms with E-state index < -0.39 is 0 Å². The van der Waals surface area contributed by atoms with Crippen LogP contribution >= 0.6 is 11.3 Å². The Morgan fingerprint density at radius 2 is 2.12 bits per heavy atom. The van der Waals surface area contributed by atoms with Gasteiger partial charge in [-0.05, 0) is 23.8 Å². The van der Waals surface area contributed by atoms with E-state index in [0.29, 0.717) is 18.4 Å². The molecule has 1 aromatic carbocycles. The zero-order valence-corrected chi connectivity index (χ0v) is 17.0. The number of likely N-dealkylation sites (tertiary alicyclic amines) is 1. The van der Waals surface area contributed by atoms with Crippen molar-refractivity contribution in [3.8, 4) is 0 Å². The van der Waals surface area contributed by atoms with Crippen LogP contribution in [0.25, 0.3) is 0 Å². The second-order valence-electron chi connectivity index (χ2n) is 7.15. The standard InChI is InChI=1S/C20H29N5S/c1-15-13-25(11-10-18(15)16-8-6-5-7-9-16)19(21-2)22-12-17-14-26-20(23-17)24(3)4/h5-9,14-15,18H,10-13H2,1-4H3,(H,21,22). The molecule has 140 valence electrons. The van der Waals surface area contributed by atoms with E-state index in [4.69, 9.17) is 0 Å². The van der Waals surface area contributed by atoms with Crippen molar-refractivity contribution in [1.82, 2.24) is 15.2 Å². The molecule has 1 aliphatic heterocycles. The van der Waals surface area contributed by atoms with Crippen LogP contribution in [-0.2, 0) is 6.54 Å². The third-order valence-corrected chi connectivity index (χ3v) is 6.05. The molecule has 2 unspecified atom stereocenters. The Bertz CT molecular complexity index is 725. The van der Waals surface area contributed by atoms with Crippen molar-refractivity contribution < 1.29 is 0 Å². The fraction of sp³-hybridized carbons (Fsp3) is 0.500. The highest BCUT2D eigenvalue weighted by molar-refractivity contribution is 7.13. The molecule has 0 radical (unpaired) electrons. The maximum absolute atomic E-state index is 4.64. The van der Waals surface area contributed by atoms with Gasteiger partial charge in [0.25, 0.3) is 0 Å². The van der Waals surface area contributed by atoms with Crippen molar-refractivity contribution in [2.45, 2.75) is 25.8 Å². The lowest BCUT2D eigenvalue weighted by molar-refractivity contribution is 0.234. The van der Waals surface area contributed by atoms with E-state index in [9.17, 15) is 0 Å². The summed E-state index contributed by atoms with van der Waals surface area (Å²) < 4.78 is 0. The molecule has 6 heteroatoms. The largest absolute Gasteiger partial charge is 0.354 e. The first-order valence-corrected chi connectivity index (χ1v) is 10.1. The van der Waals surface area contributed by atoms with Crippen molar-refractivity contribution in [1.29, 1.82) is 0 Å². The van der Waals surface area contributed by atoms with Gasteiger partial charge in [0.15, 0.2) is 11.1 Å². The van der Waals surface area contributed by atoms with Gasteiger partial charge >= 0.3 is 0 Å². The number of nitrogens with one attached hydrogen (secondary N) is 1. The van der Waals surface area contributed by atoms with Gasteiger partial charge in [-0.15, -0.1) is 11.3 Å². The normalized spacial score (nSPS) is 20.9. The summed E-state index contributed by atoms with van der Waals surface area (Å²) in [6, 6.07) is 10.9. The topological polar surface area (TPSA) is 43.8 Å². The quantitative estimate of drug-likeness (QED) is 0.661. The van der Waals surface area contributed by atoms with Crippen LogP contribution in [-0.4, -0.2) is 50.1 Å². The minimum atomic E-state index is 0.601. The van der Waals surface area contributed by atoms with Crippen LogP contribution in [0.2, 0.25) is 0 Å². The van der Waals surface area contributed by atoms with Crippen LogP contribution in [0.3, 0.4) is 0 Å². The van der Waals surface area contributed by atoms with Crippen LogP contribution in [0.15, 0.2) is 40.7 Å². The third-order valence-electron chi connectivity index (χ3n) is 4.99. The first-order chi connectivity index (χ1) is 12.6. The molecule has 1 N–H and O–H groups in total. The molecule has 0 saturated carbocycles. The molecule has 26 heavy (non-hydrogen) atoms. The average molecular weight is 372 g/mol. The number of aliphatic imine (C=N–C) groups is 1. The molecule has 2 atom stereocenters. The summed E-state index contributed by atoms with van der Waals surface area (Å²) >= 11 is 1.67. The number of benzene rings is 1. The third kappa shape index (κ3) is 4.36. The average Bonchev–Trinajstić information content (AvgIpc) is 3.12. The lowest BCUT2D eigenvalue weighted by Crippen LogP contribution is -2.47. The molecule has 0 bridgehead atoms. The molecule has 1 aromatic heterocycles. The van der Waals surface area contributed by atoms with Gasteiger partial charge in [0.05, 0.1) is 12.2 Å². The van der Waals surface area contributed by atoms with E-state index in [1.807, 2.05) is 26.0 Å². The van der Waals surface area contributed by atoms with Gasteiger partial charge in [0, 0.05) is 39.6 Å². The number of anilines is 1. The molecule has 0 spiro atoms. The Kier molecular flexibility index (Phi) is 6.14. The van der Waals surface area contributed by atoms with Gasteiger partial charge in [-0.25, -0.2) is 4.98 Å². The van der Waals surface area contributed by atoms with E-state index in [-0.39, 0.29) is 0 Å². The highest BCUT2D eigenvalue weighted by Gasteiger charge is 2.28. The number of piperidine rings is 1. The maximum atomic E-state index is 4.64. The monoisotopic (exact) mass is 371 g/mol. The molecule has 1 fully saturated rings. The summed E-state index contributed by atoms with van der Waals surface area (Å²) in [6.07, 6.45) is 1.16. The summed E-state index contributed by atoms with van der Waals surface area (Å²) in [6.45, 7) is 5.12. The molecule has 0 aliphatic carbocycles. The van der Waals surface area contributed by atoms with Gasteiger partial charge in [-0.3, -0.25) is 4.99 Å². The predicted octanol–water partition coefficient (Wildman–Crippen LogP) is 3.41. The highest BCUT2D eigenvalue weighted by Crippen LogP contribution is 2.32. The molecular formula is C20H29N5S. The van der Waals surface area contributed by atoms with E-state index in [1.54, 1.807) is 11.3 Å². The number of hydrogen-bond acceptors (Lipinski definition) is 4. The zero-order chi connectivity index (χ0) is 18.5. The van der Waals surface area contributed by atoms with Crippen LogP contribution in [0, 0.1) is 5.92 Å². The Morgan fingerprint density at radius 3 is 2.73 bits per heavy atom. The number of hydrogen-bond donors (Lipinski definition) is 1. The molecule has 3 rings (SSSR count). The molecule has 2 heterocycles. The second kappa shape index (κ2) is 8.54. The zero-order valence-electron chi connectivity index (χ0n) is 16.1. The molecule has 5 nitrogen and oxygen atoms in total. The summed E-state index contributed by atoms with van der Waals surface area (Å²) in [4.78, 5) is 13.6. The van der Waals surface area contributed by atoms with Crippen molar-refractivity contribution in [2.75, 3.05) is 39.1 Å². The summed E-state index contributed by atoms with van der Waals surface area (Å²) in [5.41, 5.74) is 2.52. The lowest BCUT2D eigenvalue weighted by atomic mass is 9.82. The molecule has 1 saturated heterocycles. The molecule has 1 aliphatic rings. The predicted molar refractivity (Wildman–Crippen MR) is 111 cm³/mol. The Morgan fingerprint density at radius 1 is 1.35 bits per heavy atom. The second-order valence-corrected chi connectivity index (χ2v) is 7.98. The first kappa shape index (κ1) is 18.7. The maximum Gasteiger partial charge on any atom is 0.193 e. The summed E-state index contributed by atoms with van der Waals surface area (Å²) in [7, 11) is 5.91. The van der Waals surface area contributed by atoms with Crippen molar-refractivity contribution in [3.63, 3.8) is 0 Å². The van der Waals surface area contributed by atoms with Gasteiger partial charge in [-0.2, -0.15) is 0 Å². The van der Waals surface area contributed by atoms with Crippen molar-refractivity contribution in [3.05, 3.63) is 47.0 Å². The van der Waals surface area contributed by atoms with Gasteiger partial charge in [0.2, 0.25) is 0 Å². The number of thiazole rings is 1. The fourth-order valence-corrected chi connectivity index (χ4v) is 4.38. The summed E-state index contributed by atoms with van der Waals surface area (Å²) in [5, 5.41) is 6.63. The van der Waals surface area contributed by atoms with Crippen LogP contribution in [0.1, 0.15) is 30.5 Å². The van der Waals surface area contributed by atoms with Gasteiger partial charge in [0.1, 0.15) is 0 Å². The Hall–Kier alpha value is -2.08. The van der Waals surface area contributed by atoms with Gasteiger partial charge < -0.3 is 15.1 Å². The molecular weight excluding hydrogens is 342 g/mol. The van der Waals surface area contributed by atoms with Crippen LogP contribution < -0.4 is 10.2 Å². The minimum Gasteiger partial charge on any atom is -0.354 e. The first-order valence-electron chi connectivity index (χ1n) is 9.20. The fourth-order valence-electron chi connectivity index (χ4n) is 3.62. The van der Waals surface area contributed by atoms with Gasteiger partial charge in [-0.1, -0.05) is 37.3 Å². The minimum absolute atomic E-state index is 0.601. The number of rotatable bonds is 4. The highest BCUT2D eigenvalue weighted by atomic mass is 32.1. The van der Waals surface area contributed by atoms with E-state index in [2.05, 4.69) is 62.8 Å². The number of nitrogens with zero attached hydrogens (tertiary/aromatic N) is 4. The molecule has 0 amide bonds. The van der Waals surface area contributed by atoms with Crippen molar-refractivity contribution in [2.24, 2.45) is 10.9 Å². The summed E-state index contributed by atoms with van der Waals surface area (Å²) in [5.74, 6) is 2.21. The van der Waals surface area contributed by atoms with Crippen LogP contribution in [0.4, 0.5) is 5.13 Å². The molecule has 2 aromatic rings. The van der Waals surface area contributed by atoms with E-state index >= 15 is 0 Å². The Labute approximate surface area is 160 Å². The van der Waals surface area contributed by atoms with Crippen molar-refractivity contribution >= 4 is 22.4 Å². The van der Waals surface area contributed by atoms with E-state index in [0.717, 1.165) is 36.3 Å². The smallest absolute Gasteiger partial charge is 0.193 e. The lowest BCUT2D eigenvalue weighted by Gasteiger charge is -2.38. The Balaban J connectivity index is 1.57. The number of guanidine groups is 1. The SMILES string of the molecule is CN=C(NCc1csc(N(C)C)n1)N1CCC(c2ccccc2)C(C)C1. The van der Waals surface area contributed by atoms with Crippen LogP contribution in [0.5, 0.6) is 0 Å². The van der Waals surface area contributed by atoms with E-state index in [1.165, 1.54) is 5.56 Å². The number of aromatic nitrogens is 1.